The number of nitrogens with zero attached hydrogens (tertiary/aromatic N) is 6. The number of rotatable bonds is 4. The number of aromatic nitrogens is 4. The van der Waals surface area contributed by atoms with Crippen molar-refractivity contribution in [3.8, 4) is 22.4 Å². The Morgan fingerprint density at radius 1 is 1.03 bits per heavy atom. The van der Waals surface area contributed by atoms with E-state index in [1.165, 1.54) is 17.7 Å². The van der Waals surface area contributed by atoms with Gasteiger partial charge in [0.05, 0.1) is 17.8 Å². The van der Waals surface area contributed by atoms with Crippen LogP contribution in [-0.2, 0) is 20.3 Å². The van der Waals surface area contributed by atoms with Crippen LogP contribution in [0, 0.1) is 25.1 Å². The number of hydrazine groups is 1. The summed E-state index contributed by atoms with van der Waals surface area (Å²) in [5.74, 6) is -0.465. The van der Waals surface area contributed by atoms with Gasteiger partial charge in [-0.15, -0.1) is 0 Å². The van der Waals surface area contributed by atoms with Crippen molar-refractivity contribution in [1.29, 1.82) is 5.41 Å². The fourth-order valence-electron chi connectivity index (χ4n) is 4.42. The second-order valence-electron chi connectivity index (χ2n) is 8.55. The monoisotopic (exact) mass is 473 g/mol. The number of pyridine rings is 2. The fraction of sp³-hybridized carbons (Fsp3) is 0.200. The number of hydrogen-bond donors (Lipinski definition) is 2. The minimum Gasteiger partial charge on any atom is -0.312 e. The molecule has 0 amide bonds. The Morgan fingerprint density at radius 2 is 1.71 bits per heavy atom. The van der Waals surface area contributed by atoms with Gasteiger partial charge in [-0.25, -0.2) is 9.37 Å². The summed E-state index contributed by atoms with van der Waals surface area (Å²) in [5, 5.41) is 22.5. The van der Waals surface area contributed by atoms with Crippen molar-refractivity contribution >= 4 is 5.82 Å². The Hall–Kier alpha value is -4.15. The molecule has 1 aliphatic rings. The third-order valence-corrected chi connectivity index (χ3v) is 6.08. The fourth-order valence-corrected chi connectivity index (χ4v) is 4.42. The number of halogens is 1. The molecule has 0 saturated heterocycles. The lowest BCUT2D eigenvalue weighted by Gasteiger charge is -2.24. The smallest absolute Gasteiger partial charge is 0.286 e. The molecule has 0 atom stereocenters. The van der Waals surface area contributed by atoms with Crippen LogP contribution >= 0.6 is 0 Å². The van der Waals surface area contributed by atoms with Gasteiger partial charge in [-0.3, -0.25) is 25.0 Å². The Kier molecular flexibility index (Phi) is 5.54. The van der Waals surface area contributed by atoms with Crippen molar-refractivity contribution in [2.75, 3.05) is 5.17 Å². The lowest BCUT2D eigenvalue weighted by atomic mass is 9.99. The van der Waals surface area contributed by atoms with Gasteiger partial charge in [-0.2, -0.15) is 10.2 Å². The van der Waals surface area contributed by atoms with E-state index >= 15 is 0 Å². The maximum atomic E-state index is 13.7. The Bertz CT molecular complexity index is 1540. The topological polar surface area (TPSA) is 103 Å². The molecule has 10 heteroatoms. The molecule has 0 radical (unpaired) electrons. The minimum absolute atomic E-state index is 0.0281. The number of benzene rings is 1. The van der Waals surface area contributed by atoms with Gasteiger partial charge in [0.1, 0.15) is 6.67 Å². The average molecular weight is 474 g/mol. The van der Waals surface area contributed by atoms with Gasteiger partial charge in [-0.05, 0) is 43.7 Å². The molecule has 0 unspecified atom stereocenters. The van der Waals surface area contributed by atoms with Gasteiger partial charge >= 0.3 is 0 Å². The lowest BCUT2D eigenvalue weighted by molar-refractivity contribution is 0.0604. The molecular formula is C25H24FN7O2. The molecule has 0 bridgehead atoms. The van der Waals surface area contributed by atoms with Gasteiger partial charge in [-0.1, -0.05) is 30.3 Å². The summed E-state index contributed by atoms with van der Waals surface area (Å²) in [6, 6.07) is 16.0. The molecule has 1 aromatic carbocycles. The molecule has 0 fully saturated rings. The van der Waals surface area contributed by atoms with Crippen molar-refractivity contribution in [1.82, 2.24) is 24.1 Å². The van der Waals surface area contributed by atoms with Gasteiger partial charge in [0.2, 0.25) is 5.62 Å². The molecule has 9 nitrogen and oxygen atoms in total. The first kappa shape index (κ1) is 22.6. The number of nitrogens with one attached hydrogen (secondary N) is 1. The SMILES string of the molecule is Cc1cc(-c2c(-c3ccccc3)nc(=N)n3c2N(O)N(Cc2ccc(F)c(=O)n2C)C3)cc(C)n1. The summed E-state index contributed by atoms with van der Waals surface area (Å²) < 4.78 is 16.5. The molecule has 2 N–H and O–H groups in total. The first-order valence-corrected chi connectivity index (χ1v) is 11.0. The van der Waals surface area contributed by atoms with E-state index in [2.05, 4.69) is 9.97 Å². The molecular weight excluding hydrogens is 449 g/mol. The van der Waals surface area contributed by atoms with E-state index in [-0.39, 0.29) is 18.8 Å². The van der Waals surface area contributed by atoms with Crippen LogP contribution in [0.3, 0.4) is 0 Å². The molecule has 1 aliphatic heterocycles. The molecule has 35 heavy (non-hydrogen) atoms. The zero-order valence-electron chi connectivity index (χ0n) is 19.5. The highest BCUT2D eigenvalue weighted by molar-refractivity contribution is 5.88. The first-order chi connectivity index (χ1) is 16.7. The normalized spacial score (nSPS) is 13.3. The lowest BCUT2D eigenvalue weighted by Crippen LogP contribution is -2.36. The summed E-state index contributed by atoms with van der Waals surface area (Å²) in [5.41, 5.74) is 4.18. The third-order valence-electron chi connectivity index (χ3n) is 6.08. The van der Waals surface area contributed by atoms with Crippen LogP contribution in [0.25, 0.3) is 22.4 Å². The third kappa shape index (κ3) is 3.92. The maximum Gasteiger partial charge on any atom is 0.286 e. The molecule has 178 valence electrons. The van der Waals surface area contributed by atoms with E-state index in [1.807, 2.05) is 56.3 Å². The molecule has 0 spiro atoms. The summed E-state index contributed by atoms with van der Waals surface area (Å²) in [6.45, 7) is 4.03. The summed E-state index contributed by atoms with van der Waals surface area (Å²) >= 11 is 0. The predicted molar refractivity (Wildman–Crippen MR) is 128 cm³/mol. The van der Waals surface area contributed by atoms with Crippen LogP contribution in [-0.4, -0.2) is 29.3 Å². The van der Waals surface area contributed by atoms with E-state index < -0.39 is 11.4 Å². The summed E-state index contributed by atoms with van der Waals surface area (Å²) in [7, 11) is 1.48. The summed E-state index contributed by atoms with van der Waals surface area (Å²) in [4.78, 5) is 21.1. The Labute approximate surface area is 200 Å². The number of fused-ring (bicyclic) bond motifs is 1. The van der Waals surface area contributed by atoms with Crippen molar-refractivity contribution < 1.29 is 9.60 Å². The van der Waals surface area contributed by atoms with Crippen molar-refractivity contribution in [2.24, 2.45) is 7.05 Å². The molecule has 3 aromatic heterocycles. The van der Waals surface area contributed by atoms with Crippen LogP contribution in [0.4, 0.5) is 10.2 Å². The zero-order valence-corrected chi connectivity index (χ0v) is 19.5. The number of aryl methyl sites for hydroxylation is 2. The standard InChI is InChI=1S/C25H24FN7O2/c1-15-11-18(12-16(2)28-15)21-22(17-7-5-4-6-8-17)29-25(27)32-14-31(33(35)23(21)32)13-19-9-10-20(26)24(34)30(19)3/h4-12,27,35H,13-14H2,1-3H3. The van der Waals surface area contributed by atoms with Gasteiger partial charge in [0, 0.05) is 29.7 Å². The summed E-state index contributed by atoms with van der Waals surface area (Å²) in [6.07, 6.45) is 0. The van der Waals surface area contributed by atoms with Crippen LogP contribution in [0.2, 0.25) is 0 Å². The Balaban J connectivity index is 1.69. The maximum absolute atomic E-state index is 13.7. The molecule has 4 heterocycles. The van der Waals surface area contributed by atoms with E-state index in [9.17, 15) is 14.4 Å². The molecule has 4 aromatic rings. The number of anilines is 1. The van der Waals surface area contributed by atoms with Crippen LogP contribution < -0.4 is 16.3 Å². The van der Waals surface area contributed by atoms with Crippen LogP contribution in [0.1, 0.15) is 17.1 Å². The van der Waals surface area contributed by atoms with Gasteiger partial charge in [0.15, 0.2) is 11.6 Å². The predicted octanol–water partition coefficient (Wildman–Crippen LogP) is 3.13. The van der Waals surface area contributed by atoms with Crippen LogP contribution in [0.5, 0.6) is 0 Å². The second kappa shape index (κ2) is 8.57. The highest BCUT2D eigenvalue weighted by Gasteiger charge is 2.33. The second-order valence-corrected chi connectivity index (χ2v) is 8.55. The zero-order chi connectivity index (χ0) is 24.9. The van der Waals surface area contributed by atoms with E-state index in [4.69, 9.17) is 5.41 Å². The largest absolute Gasteiger partial charge is 0.312 e. The van der Waals surface area contributed by atoms with Crippen molar-refractivity contribution in [3.63, 3.8) is 0 Å². The van der Waals surface area contributed by atoms with Gasteiger partial charge < -0.3 is 4.57 Å². The van der Waals surface area contributed by atoms with Crippen LogP contribution in [0.15, 0.2) is 59.4 Å². The highest BCUT2D eigenvalue weighted by atomic mass is 19.1. The molecule has 5 rings (SSSR count). The minimum atomic E-state index is -0.841. The van der Waals surface area contributed by atoms with Crippen molar-refractivity contribution in [2.45, 2.75) is 27.1 Å². The first-order valence-electron chi connectivity index (χ1n) is 11.0. The molecule has 0 saturated carbocycles. The van der Waals surface area contributed by atoms with E-state index in [0.717, 1.165) is 33.8 Å². The van der Waals surface area contributed by atoms with E-state index in [0.29, 0.717) is 22.8 Å². The average Bonchev–Trinajstić information content (AvgIpc) is 3.16. The van der Waals surface area contributed by atoms with Crippen molar-refractivity contribution in [3.05, 3.63) is 93.5 Å². The Morgan fingerprint density at radius 3 is 2.40 bits per heavy atom. The molecule has 0 aliphatic carbocycles. The highest BCUT2D eigenvalue weighted by Crippen LogP contribution is 2.40. The van der Waals surface area contributed by atoms with E-state index in [1.54, 1.807) is 9.58 Å². The van der Waals surface area contributed by atoms with Gasteiger partial charge in [0.25, 0.3) is 5.56 Å². The quantitative estimate of drug-likeness (QED) is 0.472. The number of hydrogen-bond acceptors (Lipinski definition) is 7.